The first-order valence-electron chi connectivity index (χ1n) is 7.72. The van der Waals surface area contributed by atoms with Crippen molar-refractivity contribution in [3.63, 3.8) is 0 Å². The minimum atomic E-state index is 0.550. The summed E-state index contributed by atoms with van der Waals surface area (Å²) in [6.07, 6.45) is 3.92. The van der Waals surface area contributed by atoms with Gasteiger partial charge in [-0.2, -0.15) is 0 Å². The second-order valence-electron chi connectivity index (χ2n) is 5.79. The summed E-state index contributed by atoms with van der Waals surface area (Å²) in [5, 5.41) is 3.38. The van der Waals surface area contributed by atoms with Crippen molar-refractivity contribution in [3.8, 4) is 0 Å². The van der Waals surface area contributed by atoms with E-state index in [9.17, 15) is 0 Å². The highest BCUT2D eigenvalue weighted by Gasteiger charge is 2.36. The van der Waals surface area contributed by atoms with Crippen molar-refractivity contribution in [1.82, 2.24) is 5.32 Å². The summed E-state index contributed by atoms with van der Waals surface area (Å²) >= 11 is 0. The smallest absolute Gasteiger partial charge is 0.129 e. The minimum Gasteiger partial charge on any atom is -0.467 e. The van der Waals surface area contributed by atoms with Crippen LogP contribution in [0.5, 0.6) is 0 Å². The summed E-state index contributed by atoms with van der Waals surface area (Å²) in [5.41, 5.74) is 0. The summed E-state index contributed by atoms with van der Waals surface area (Å²) in [4.78, 5) is 0. The van der Waals surface area contributed by atoms with E-state index in [1.54, 1.807) is 6.26 Å². The fourth-order valence-electron chi connectivity index (χ4n) is 2.49. The highest BCUT2D eigenvalue weighted by atomic mass is 16.5. The molecule has 0 spiro atoms. The van der Waals surface area contributed by atoms with E-state index in [4.69, 9.17) is 13.6 Å². The van der Waals surface area contributed by atoms with Crippen molar-refractivity contribution < 1.29 is 13.6 Å². The Morgan fingerprint density at radius 2 is 2.19 bits per heavy atom. The van der Waals surface area contributed by atoms with Crippen molar-refractivity contribution >= 4 is 0 Å². The lowest BCUT2D eigenvalue weighted by Crippen LogP contribution is -2.15. The summed E-state index contributed by atoms with van der Waals surface area (Å²) in [5.74, 6) is 4.51. The molecule has 0 saturated heterocycles. The molecule has 2 heterocycles. The lowest BCUT2D eigenvalue weighted by atomic mass is 10.3. The zero-order chi connectivity index (χ0) is 14.5. The molecule has 0 aliphatic heterocycles. The van der Waals surface area contributed by atoms with E-state index in [0.29, 0.717) is 12.5 Å². The van der Waals surface area contributed by atoms with E-state index >= 15 is 0 Å². The molecule has 4 nitrogen and oxygen atoms in total. The molecule has 1 aliphatic rings. The molecule has 2 unspecified atom stereocenters. The molecule has 3 rings (SSSR count). The fourth-order valence-corrected chi connectivity index (χ4v) is 2.49. The van der Waals surface area contributed by atoms with Crippen LogP contribution in [-0.2, 0) is 17.9 Å². The maximum atomic E-state index is 5.85. The molecule has 1 aliphatic carbocycles. The monoisotopic (exact) mass is 289 g/mol. The van der Waals surface area contributed by atoms with Gasteiger partial charge in [-0.15, -0.1) is 0 Å². The molecule has 4 heteroatoms. The van der Waals surface area contributed by atoms with E-state index in [-0.39, 0.29) is 0 Å². The number of furan rings is 2. The van der Waals surface area contributed by atoms with Crippen LogP contribution in [0.2, 0.25) is 0 Å². The Bertz CT molecular complexity index is 532. The lowest BCUT2D eigenvalue weighted by Gasteiger charge is -2.04. The van der Waals surface area contributed by atoms with Crippen molar-refractivity contribution in [2.75, 3.05) is 13.2 Å². The van der Waals surface area contributed by atoms with Crippen LogP contribution in [0.4, 0.5) is 0 Å². The summed E-state index contributed by atoms with van der Waals surface area (Å²) in [7, 11) is 0. The standard InChI is InChI=1S/C17H23NO3/c1-13-10-16(13)17-6-5-14(21-17)11-18-7-3-8-19-12-15-4-2-9-20-15/h2,4-6,9,13,16,18H,3,7-8,10-12H2,1H3. The average molecular weight is 289 g/mol. The largest absolute Gasteiger partial charge is 0.467 e. The molecular weight excluding hydrogens is 266 g/mol. The van der Waals surface area contributed by atoms with Gasteiger partial charge in [-0.1, -0.05) is 6.92 Å². The van der Waals surface area contributed by atoms with Gasteiger partial charge >= 0.3 is 0 Å². The van der Waals surface area contributed by atoms with Gasteiger partial charge in [0.2, 0.25) is 0 Å². The van der Waals surface area contributed by atoms with Crippen LogP contribution in [0.15, 0.2) is 39.4 Å². The third-order valence-corrected chi connectivity index (χ3v) is 3.92. The minimum absolute atomic E-state index is 0.550. The molecular formula is C17H23NO3. The molecule has 2 aromatic rings. The second kappa shape index (κ2) is 6.96. The highest BCUT2D eigenvalue weighted by Crippen LogP contribution is 2.47. The van der Waals surface area contributed by atoms with Crippen LogP contribution >= 0.6 is 0 Å². The van der Waals surface area contributed by atoms with Crippen molar-refractivity contribution in [2.45, 2.75) is 38.8 Å². The van der Waals surface area contributed by atoms with Crippen LogP contribution in [0, 0.1) is 5.92 Å². The second-order valence-corrected chi connectivity index (χ2v) is 5.79. The molecule has 2 atom stereocenters. The predicted octanol–water partition coefficient (Wildman–Crippen LogP) is 3.69. The van der Waals surface area contributed by atoms with Gasteiger partial charge in [-0.25, -0.2) is 0 Å². The van der Waals surface area contributed by atoms with Gasteiger partial charge in [0.15, 0.2) is 0 Å². The molecule has 1 saturated carbocycles. The summed E-state index contributed by atoms with van der Waals surface area (Å²) < 4.78 is 16.6. The van der Waals surface area contributed by atoms with Gasteiger partial charge in [0.25, 0.3) is 0 Å². The Labute approximate surface area is 125 Å². The SMILES string of the molecule is CC1CC1c1ccc(CNCCCOCc2ccco2)o1. The number of rotatable bonds is 9. The lowest BCUT2D eigenvalue weighted by molar-refractivity contribution is 0.104. The van der Waals surface area contributed by atoms with Gasteiger partial charge in [0.1, 0.15) is 23.9 Å². The van der Waals surface area contributed by atoms with E-state index in [1.165, 1.54) is 6.42 Å². The number of hydrogen-bond donors (Lipinski definition) is 1. The third-order valence-electron chi connectivity index (χ3n) is 3.92. The Balaban J connectivity index is 1.24. The van der Waals surface area contributed by atoms with E-state index in [1.807, 2.05) is 12.1 Å². The predicted molar refractivity (Wildman–Crippen MR) is 79.9 cm³/mol. The Morgan fingerprint density at radius 3 is 2.95 bits per heavy atom. The Hall–Kier alpha value is -1.52. The molecule has 21 heavy (non-hydrogen) atoms. The van der Waals surface area contributed by atoms with Gasteiger partial charge < -0.3 is 18.9 Å². The van der Waals surface area contributed by atoms with Gasteiger partial charge in [-0.05, 0) is 49.6 Å². The highest BCUT2D eigenvalue weighted by molar-refractivity contribution is 5.17. The van der Waals surface area contributed by atoms with Crippen LogP contribution < -0.4 is 5.32 Å². The van der Waals surface area contributed by atoms with Crippen LogP contribution in [0.25, 0.3) is 0 Å². The first-order chi connectivity index (χ1) is 10.3. The molecule has 114 valence electrons. The molecule has 0 aromatic carbocycles. The topological polar surface area (TPSA) is 47.5 Å². The van der Waals surface area contributed by atoms with Gasteiger partial charge in [0, 0.05) is 12.5 Å². The maximum Gasteiger partial charge on any atom is 0.129 e. The van der Waals surface area contributed by atoms with E-state index in [0.717, 1.165) is 49.3 Å². The molecule has 1 fully saturated rings. The third kappa shape index (κ3) is 4.22. The van der Waals surface area contributed by atoms with Crippen LogP contribution in [0.1, 0.15) is 43.0 Å². The quantitative estimate of drug-likeness (QED) is 0.715. The fraction of sp³-hybridized carbons (Fsp3) is 0.529. The molecule has 0 radical (unpaired) electrons. The molecule has 0 bridgehead atoms. The van der Waals surface area contributed by atoms with E-state index < -0.39 is 0 Å². The van der Waals surface area contributed by atoms with Crippen molar-refractivity contribution in [2.24, 2.45) is 5.92 Å². The van der Waals surface area contributed by atoms with Crippen molar-refractivity contribution in [3.05, 3.63) is 47.8 Å². The van der Waals surface area contributed by atoms with Crippen molar-refractivity contribution in [1.29, 1.82) is 0 Å². The normalized spacial score (nSPS) is 20.8. The van der Waals surface area contributed by atoms with Gasteiger partial charge in [0.05, 0.1) is 12.8 Å². The summed E-state index contributed by atoms with van der Waals surface area (Å²) in [6.45, 7) is 5.27. The zero-order valence-corrected chi connectivity index (χ0v) is 12.5. The molecule has 2 aromatic heterocycles. The number of hydrogen-bond acceptors (Lipinski definition) is 4. The Morgan fingerprint density at radius 1 is 1.29 bits per heavy atom. The van der Waals surface area contributed by atoms with E-state index in [2.05, 4.69) is 24.4 Å². The summed E-state index contributed by atoms with van der Waals surface area (Å²) in [6, 6.07) is 8.01. The average Bonchev–Trinajstić information content (AvgIpc) is 2.92. The first kappa shape index (κ1) is 14.4. The maximum absolute atomic E-state index is 5.85. The first-order valence-corrected chi connectivity index (χ1v) is 7.72. The van der Waals surface area contributed by atoms with Gasteiger partial charge in [-0.3, -0.25) is 0 Å². The van der Waals surface area contributed by atoms with Crippen LogP contribution in [0.3, 0.4) is 0 Å². The van der Waals surface area contributed by atoms with Crippen LogP contribution in [-0.4, -0.2) is 13.2 Å². The molecule has 0 amide bonds. The molecule has 1 N–H and O–H groups in total. The Kier molecular flexibility index (Phi) is 4.78. The zero-order valence-electron chi connectivity index (χ0n) is 12.5. The number of ether oxygens (including phenoxy) is 1. The number of nitrogens with one attached hydrogen (secondary N) is 1.